The molecule has 1 heterocycles. The Balaban J connectivity index is 2.26. The lowest BCUT2D eigenvalue weighted by atomic mass is 10.3. The van der Waals surface area contributed by atoms with E-state index in [1.54, 1.807) is 19.2 Å². The third-order valence-electron chi connectivity index (χ3n) is 2.70. The molecule has 1 aromatic heterocycles. The third-order valence-corrected chi connectivity index (χ3v) is 3.83. The number of nitrogens with zero attached hydrogens (tertiary/aromatic N) is 1. The maximum atomic E-state index is 11.7. The molecule has 1 aromatic carbocycles. The molecule has 0 aliphatic rings. The number of hydrogen-bond acceptors (Lipinski definition) is 5. The van der Waals surface area contributed by atoms with E-state index in [0.29, 0.717) is 31.0 Å². The van der Waals surface area contributed by atoms with Crippen LogP contribution in [-0.2, 0) is 21.1 Å². The molecule has 2 rings (SSSR count). The molecule has 19 heavy (non-hydrogen) atoms. The van der Waals surface area contributed by atoms with E-state index in [1.165, 1.54) is 6.26 Å². The van der Waals surface area contributed by atoms with Gasteiger partial charge >= 0.3 is 0 Å². The number of ether oxygens (including phenoxy) is 1. The highest BCUT2D eigenvalue weighted by Crippen LogP contribution is 2.20. The van der Waals surface area contributed by atoms with Gasteiger partial charge in [0.1, 0.15) is 11.3 Å². The molecule has 0 bridgehead atoms. The summed E-state index contributed by atoms with van der Waals surface area (Å²) in [6, 6.07) is 5.09. The topological polar surface area (TPSA) is 84.1 Å². The number of fused-ring (bicyclic) bond motifs is 1. The molecule has 0 amide bonds. The number of imidazole rings is 1. The second-order valence-electron chi connectivity index (χ2n) is 4.28. The molecule has 6 nitrogen and oxygen atoms in total. The summed E-state index contributed by atoms with van der Waals surface area (Å²) < 4.78 is 28.3. The third kappa shape index (κ3) is 3.31. The van der Waals surface area contributed by atoms with Gasteiger partial charge in [-0.2, -0.15) is 0 Å². The number of rotatable bonds is 6. The lowest BCUT2D eigenvalue weighted by Crippen LogP contribution is -2.19. The van der Waals surface area contributed by atoms with E-state index in [9.17, 15) is 8.42 Å². The predicted molar refractivity (Wildman–Crippen MR) is 72.8 cm³/mol. The maximum Gasteiger partial charge on any atom is 0.177 e. The first-order valence-electron chi connectivity index (χ1n) is 5.89. The van der Waals surface area contributed by atoms with Gasteiger partial charge in [-0.25, -0.2) is 13.4 Å². The molecule has 7 heteroatoms. The molecule has 0 unspecified atom stereocenters. The van der Waals surface area contributed by atoms with Crippen LogP contribution >= 0.6 is 0 Å². The smallest absolute Gasteiger partial charge is 0.177 e. The molecule has 0 saturated heterocycles. The Labute approximate surface area is 112 Å². The molecule has 0 aliphatic carbocycles. The van der Waals surface area contributed by atoms with Crippen LogP contribution in [0, 0.1) is 0 Å². The predicted octanol–water partition coefficient (Wildman–Crippen LogP) is 0.702. The van der Waals surface area contributed by atoms with Gasteiger partial charge in [0.25, 0.3) is 0 Å². The van der Waals surface area contributed by atoms with Crippen molar-refractivity contribution in [2.45, 2.75) is 11.4 Å². The fraction of sp³-hybridized carbons (Fsp3) is 0.417. The van der Waals surface area contributed by atoms with Gasteiger partial charge in [0.05, 0.1) is 23.6 Å². The fourth-order valence-corrected chi connectivity index (χ4v) is 2.65. The summed E-state index contributed by atoms with van der Waals surface area (Å²) in [5.74, 6) is 0.710. The van der Waals surface area contributed by atoms with Crippen LogP contribution in [0.15, 0.2) is 23.1 Å². The number of nitrogens with one attached hydrogen (secondary N) is 2. The van der Waals surface area contributed by atoms with E-state index < -0.39 is 9.84 Å². The summed E-state index contributed by atoms with van der Waals surface area (Å²) in [5.41, 5.74) is 1.22. The zero-order valence-corrected chi connectivity index (χ0v) is 11.8. The Morgan fingerprint density at radius 1 is 1.42 bits per heavy atom. The Morgan fingerprint density at radius 2 is 2.21 bits per heavy atom. The molecular formula is C12H17N3O3S. The summed E-state index contributed by atoms with van der Waals surface area (Å²) in [7, 11) is -1.63. The lowest BCUT2D eigenvalue weighted by molar-refractivity contribution is 0.199. The molecule has 0 aliphatic heterocycles. The van der Waals surface area contributed by atoms with Gasteiger partial charge in [-0.15, -0.1) is 0 Å². The van der Waals surface area contributed by atoms with Crippen LogP contribution in [0.25, 0.3) is 11.0 Å². The van der Waals surface area contributed by atoms with Crippen molar-refractivity contribution in [3.05, 3.63) is 24.0 Å². The van der Waals surface area contributed by atoms with Crippen molar-refractivity contribution in [2.75, 3.05) is 26.5 Å². The van der Waals surface area contributed by atoms with Crippen LogP contribution in [0.5, 0.6) is 0 Å². The van der Waals surface area contributed by atoms with Gasteiger partial charge in [0.2, 0.25) is 0 Å². The molecule has 104 valence electrons. The van der Waals surface area contributed by atoms with Crippen molar-refractivity contribution < 1.29 is 13.2 Å². The second kappa shape index (κ2) is 5.68. The van der Waals surface area contributed by atoms with Crippen molar-refractivity contribution in [3.63, 3.8) is 0 Å². The maximum absolute atomic E-state index is 11.7. The summed E-state index contributed by atoms with van der Waals surface area (Å²) in [6.07, 6.45) is 1.19. The number of hydrogen-bond donors (Lipinski definition) is 2. The molecule has 2 aromatic rings. The average Bonchev–Trinajstić information content (AvgIpc) is 2.75. The van der Waals surface area contributed by atoms with Gasteiger partial charge in [-0.1, -0.05) is 6.07 Å². The first-order chi connectivity index (χ1) is 9.02. The van der Waals surface area contributed by atoms with E-state index in [1.807, 2.05) is 6.07 Å². The lowest BCUT2D eigenvalue weighted by Gasteiger charge is -2.00. The zero-order chi connectivity index (χ0) is 13.9. The molecular weight excluding hydrogens is 266 g/mol. The first kappa shape index (κ1) is 14.0. The minimum Gasteiger partial charge on any atom is -0.383 e. The van der Waals surface area contributed by atoms with Gasteiger partial charge < -0.3 is 15.0 Å². The van der Waals surface area contributed by atoms with Crippen molar-refractivity contribution >= 4 is 20.9 Å². The summed E-state index contributed by atoms with van der Waals surface area (Å²) in [5, 5.41) is 3.15. The highest BCUT2D eigenvalue weighted by molar-refractivity contribution is 7.91. The van der Waals surface area contributed by atoms with Crippen molar-refractivity contribution in [1.82, 2.24) is 15.3 Å². The van der Waals surface area contributed by atoms with E-state index in [4.69, 9.17) is 4.74 Å². The Morgan fingerprint density at radius 3 is 2.89 bits per heavy atom. The molecule has 0 spiro atoms. The van der Waals surface area contributed by atoms with E-state index >= 15 is 0 Å². The standard InChI is InChI=1S/C12H17N3O3S/c1-18-7-6-13-8-11-14-9-4-3-5-10(12(9)15-11)19(2,16)17/h3-5,13H,6-8H2,1-2H3,(H,14,15). The van der Waals surface area contributed by atoms with Crippen LogP contribution < -0.4 is 5.32 Å². The van der Waals surface area contributed by atoms with Crippen LogP contribution in [-0.4, -0.2) is 44.9 Å². The van der Waals surface area contributed by atoms with Crippen LogP contribution in [0.1, 0.15) is 5.82 Å². The van der Waals surface area contributed by atoms with Gasteiger partial charge in [0, 0.05) is 19.9 Å². The van der Waals surface area contributed by atoms with Crippen molar-refractivity contribution in [2.24, 2.45) is 0 Å². The normalized spacial score (nSPS) is 12.1. The minimum atomic E-state index is -3.27. The van der Waals surface area contributed by atoms with Crippen molar-refractivity contribution in [3.8, 4) is 0 Å². The van der Waals surface area contributed by atoms with Gasteiger partial charge in [0.15, 0.2) is 9.84 Å². The second-order valence-corrected chi connectivity index (χ2v) is 6.26. The number of aromatic amines is 1. The summed E-state index contributed by atoms with van der Waals surface area (Å²) in [6.45, 7) is 1.88. The summed E-state index contributed by atoms with van der Waals surface area (Å²) >= 11 is 0. The van der Waals surface area contributed by atoms with Crippen LogP contribution in [0.3, 0.4) is 0 Å². The SMILES string of the molecule is COCCNCc1nc2c(S(C)(=O)=O)cccc2[nH]1. The molecule has 0 fully saturated rings. The monoisotopic (exact) mass is 283 g/mol. The van der Waals surface area contributed by atoms with E-state index in [0.717, 1.165) is 5.52 Å². The number of benzene rings is 1. The Hall–Kier alpha value is -1.44. The Kier molecular flexibility index (Phi) is 4.18. The Bertz CT molecular complexity index is 664. The minimum absolute atomic E-state index is 0.254. The molecule has 0 atom stereocenters. The molecule has 0 saturated carbocycles. The molecule has 0 radical (unpaired) electrons. The zero-order valence-electron chi connectivity index (χ0n) is 10.9. The largest absolute Gasteiger partial charge is 0.383 e. The highest BCUT2D eigenvalue weighted by Gasteiger charge is 2.14. The number of para-hydroxylation sites is 1. The van der Waals surface area contributed by atoms with Gasteiger partial charge in [-0.3, -0.25) is 0 Å². The van der Waals surface area contributed by atoms with E-state index in [2.05, 4.69) is 15.3 Å². The quantitative estimate of drug-likeness (QED) is 0.763. The number of methoxy groups -OCH3 is 1. The summed E-state index contributed by atoms with van der Waals surface area (Å²) in [4.78, 5) is 7.70. The number of H-pyrrole nitrogens is 1. The fourth-order valence-electron chi connectivity index (χ4n) is 1.82. The number of aromatic nitrogens is 2. The van der Waals surface area contributed by atoms with Crippen molar-refractivity contribution in [1.29, 1.82) is 0 Å². The first-order valence-corrected chi connectivity index (χ1v) is 7.79. The number of sulfone groups is 1. The van der Waals surface area contributed by atoms with Crippen LogP contribution in [0.2, 0.25) is 0 Å². The van der Waals surface area contributed by atoms with Gasteiger partial charge in [-0.05, 0) is 12.1 Å². The highest BCUT2D eigenvalue weighted by atomic mass is 32.2. The van der Waals surface area contributed by atoms with Crippen LogP contribution in [0.4, 0.5) is 0 Å². The molecule has 2 N–H and O–H groups in total. The van der Waals surface area contributed by atoms with E-state index in [-0.39, 0.29) is 4.90 Å². The average molecular weight is 283 g/mol.